The van der Waals surface area contributed by atoms with Crippen LogP contribution in [-0.2, 0) is 15.1 Å². The fourth-order valence-corrected chi connectivity index (χ4v) is 3.85. The summed E-state index contributed by atoms with van der Waals surface area (Å²) in [5.41, 5.74) is -0.356. The summed E-state index contributed by atoms with van der Waals surface area (Å²) in [4.78, 5) is 36.3. The van der Waals surface area contributed by atoms with Crippen molar-refractivity contribution in [3.05, 3.63) is 34.3 Å². The third-order valence-electron chi connectivity index (χ3n) is 5.53. The Labute approximate surface area is 204 Å². The zero-order valence-electron chi connectivity index (χ0n) is 20.6. The number of unbranched alkanes of at least 4 members (excludes halogenated alkanes) is 1. The van der Waals surface area contributed by atoms with Crippen LogP contribution in [0.15, 0.2) is 23.0 Å². The van der Waals surface area contributed by atoms with Crippen LogP contribution in [0.4, 0.5) is 4.79 Å². The molecule has 0 aliphatic rings. The summed E-state index contributed by atoms with van der Waals surface area (Å²) >= 11 is 1.44. The van der Waals surface area contributed by atoms with Crippen molar-refractivity contribution in [3.8, 4) is 0 Å². The minimum atomic E-state index is -1.02. The van der Waals surface area contributed by atoms with Gasteiger partial charge in [-0.15, -0.1) is 5.10 Å². The van der Waals surface area contributed by atoms with Gasteiger partial charge in [0.2, 0.25) is 0 Å². The first-order valence-corrected chi connectivity index (χ1v) is 12.2. The van der Waals surface area contributed by atoms with Gasteiger partial charge in [0.15, 0.2) is 6.04 Å². The summed E-state index contributed by atoms with van der Waals surface area (Å²) in [5, 5.41) is 27.3. The standard InChI is InChI=1S/C23H35N5O5S/c1-15(2)23(6,25-19(29)16-10-12-34-14-16)18-13-28(27-26-18)17(20(30)31)9-7-8-11-24-21(32)33-22(3,4)5/h10,12-15,17H,7-9,11H2,1-6H3,(H,24,32)(H,25,29)(H,30,31)/t17-,23-/m0/s1. The molecule has 3 N–H and O–H groups in total. The number of carboxylic acid groups (broad SMARTS) is 1. The highest BCUT2D eigenvalue weighted by Crippen LogP contribution is 2.29. The number of nitrogens with one attached hydrogen (secondary N) is 2. The first-order valence-electron chi connectivity index (χ1n) is 11.3. The Morgan fingerprint density at radius 2 is 1.91 bits per heavy atom. The van der Waals surface area contributed by atoms with Crippen LogP contribution in [0.25, 0.3) is 0 Å². The number of amides is 2. The summed E-state index contributed by atoms with van der Waals surface area (Å²) in [5.74, 6) is -1.27. The first kappa shape index (κ1) is 27.3. The highest BCUT2D eigenvalue weighted by atomic mass is 32.1. The molecule has 0 fully saturated rings. The molecule has 0 unspecified atom stereocenters. The highest BCUT2D eigenvalue weighted by molar-refractivity contribution is 7.08. The van der Waals surface area contributed by atoms with Crippen LogP contribution in [0.1, 0.15) is 82.9 Å². The molecule has 0 bridgehead atoms. The quantitative estimate of drug-likeness (QED) is 0.403. The van der Waals surface area contributed by atoms with Gasteiger partial charge in [0.1, 0.15) is 11.3 Å². The molecule has 11 heteroatoms. The fraction of sp³-hybridized carbons (Fsp3) is 0.609. The maximum atomic E-state index is 12.7. The second kappa shape index (κ2) is 11.5. The number of alkyl carbamates (subject to hydrolysis) is 1. The van der Waals surface area contributed by atoms with E-state index in [-0.39, 0.29) is 11.8 Å². The van der Waals surface area contributed by atoms with Crippen molar-refractivity contribution in [1.29, 1.82) is 0 Å². The highest BCUT2D eigenvalue weighted by Gasteiger charge is 2.36. The minimum absolute atomic E-state index is 0.0255. The Balaban J connectivity index is 2.01. The number of ether oxygens (including phenoxy) is 1. The van der Waals surface area contributed by atoms with Crippen LogP contribution < -0.4 is 10.6 Å². The van der Waals surface area contributed by atoms with E-state index in [0.717, 1.165) is 0 Å². The van der Waals surface area contributed by atoms with Crippen molar-refractivity contribution in [2.45, 2.75) is 78.0 Å². The molecule has 2 atom stereocenters. The number of carbonyl (C=O) groups is 3. The van der Waals surface area contributed by atoms with E-state index in [1.165, 1.54) is 16.0 Å². The van der Waals surface area contributed by atoms with Gasteiger partial charge in [0, 0.05) is 11.9 Å². The predicted molar refractivity (Wildman–Crippen MR) is 129 cm³/mol. The molecular formula is C23H35N5O5S. The Morgan fingerprint density at radius 3 is 2.47 bits per heavy atom. The lowest BCUT2D eigenvalue weighted by molar-refractivity contribution is -0.141. The number of carbonyl (C=O) groups excluding carboxylic acids is 2. The third-order valence-corrected chi connectivity index (χ3v) is 6.21. The van der Waals surface area contributed by atoms with Crippen molar-refractivity contribution in [2.24, 2.45) is 5.92 Å². The molecule has 34 heavy (non-hydrogen) atoms. The lowest BCUT2D eigenvalue weighted by Gasteiger charge is -2.32. The molecule has 188 valence electrons. The number of thiophene rings is 1. The average Bonchev–Trinajstić information content (AvgIpc) is 3.41. The molecule has 2 rings (SSSR count). The van der Waals surface area contributed by atoms with E-state index in [2.05, 4.69) is 20.9 Å². The fourth-order valence-electron chi connectivity index (χ4n) is 3.21. The van der Waals surface area contributed by atoms with Crippen LogP contribution in [0.2, 0.25) is 0 Å². The van der Waals surface area contributed by atoms with Crippen LogP contribution >= 0.6 is 11.3 Å². The van der Waals surface area contributed by atoms with E-state index < -0.39 is 29.2 Å². The predicted octanol–water partition coefficient (Wildman–Crippen LogP) is 3.96. The lowest BCUT2D eigenvalue weighted by atomic mass is 9.85. The van der Waals surface area contributed by atoms with Crippen LogP contribution in [0.5, 0.6) is 0 Å². The number of hydrogen-bond donors (Lipinski definition) is 3. The van der Waals surface area contributed by atoms with E-state index in [1.54, 1.807) is 38.4 Å². The average molecular weight is 494 g/mol. The molecule has 0 aromatic carbocycles. The number of nitrogens with zero attached hydrogens (tertiary/aromatic N) is 3. The zero-order valence-corrected chi connectivity index (χ0v) is 21.4. The lowest BCUT2D eigenvalue weighted by Crippen LogP contribution is -2.47. The molecule has 2 heterocycles. The van der Waals surface area contributed by atoms with Gasteiger partial charge < -0.3 is 20.5 Å². The molecule has 2 aromatic heterocycles. The van der Waals surface area contributed by atoms with Gasteiger partial charge in [-0.3, -0.25) is 4.79 Å². The van der Waals surface area contributed by atoms with Crippen molar-refractivity contribution >= 4 is 29.3 Å². The summed E-state index contributed by atoms with van der Waals surface area (Å²) in [6.07, 6.45) is 2.54. The molecule has 0 aliphatic carbocycles. The largest absolute Gasteiger partial charge is 0.480 e. The van der Waals surface area contributed by atoms with Gasteiger partial charge in [-0.05, 0) is 64.3 Å². The van der Waals surface area contributed by atoms with Crippen molar-refractivity contribution in [2.75, 3.05) is 6.54 Å². The van der Waals surface area contributed by atoms with Gasteiger partial charge >= 0.3 is 12.1 Å². The second-order valence-corrected chi connectivity index (χ2v) is 10.5. The van der Waals surface area contributed by atoms with Crippen molar-refractivity contribution in [3.63, 3.8) is 0 Å². The summed E-state index contributed by atoms with van der Waals surface area (Å²) in [6.45, 7) is 11.5. The minimum Gasteiger partial charge on any atom is -0.480 e. The monoisotopic (exact) mass is 493 g/mol. The Bertz CT molecular complexity index is 967. The van der Waals surface area contributed by atoms with E-state index in [1.807, 2.05) is 26.2 Å². The number of carboxylic acids is 1. The van der Waals surface area contributed by atoms with Gasteiger partial charge in [-0.2, -0.15) is 11.3 Å². The molecule has 0 radical (unpaired) electrons. The molecule has 0 spiro atoms. The smallest absolute Gasteiger partial charge is 0.407 e. The normalized spacial score (nSPS) is 14.3. The topological polar surface area (TPSA) is 135 Å². The summed E-state index contributed by atoms with van der Waals surface area (Å²) in [7, 11) is 0. The molecule has 0 saturated carbocycles. The zero-order chi connectivity index (χ0) is 25.5. The Kier molecular flexibility index (Phi) is 9.20. The van der Waals surface area contributed by atoms with Crippen LogP contribution in [0, 0.1) is 5.92 Å². The van der Waals surface area contributed by atoms with Crippen molar-refractivity contribution < 1.29 is 24.2 Å². The molecule has 2 aromatic rings. The SMILES string of the molecule is CC(C)[C@](C)(NC(=O)c1ccsc1)c1cn([C@@H](CCCCNC(=O)OC(C)(C)C)C(=O)O)nn1. The Morgan fingerprint density at radius 1 is 1.21 bits per heavy atom. The summed E-state index contributed by atoms with van der Waals surface area (Å²) < 4.78 is 6.51. The van der Waals surface area contributed by atoms with Gasteiger partial charge in [-0.1, -0.05) is 19.1 Å². The maximum absolute atomic E-state index is 12.7. The van der Waals surface area contributed by atoms with Gasteiger partial charge in [0.05, 0.1) is 17.3 Å². The second-order valence-electron chi connectivity index (χ2n) is 9.69. The third kappa shape index (κ3) is 7.54. The molecule has 0 saturated heterocycles. The van der Waals surface area contributed by atoms with Gasteiger partial charge in [-0.25, -0.2) is 14.3 Å². The number of hydrogen-bond acceptors (Lipinski definition) is 7. The van der Waals surface area contributed by atoms with E-state index in [0.29, 0.717) is 37.1 Å². The van der Waals surface area contributed by atoms with Crippen molar-refractivity contribution in [1.82, 2.24) is 25.6 Å². The molecule has 0 aliphatic heterocycles. The van der Waals surface area contributed by atoms with E-state index >= 15 is 0 Å². The first-order chi connectivity index (χ1) is 15.8. The van der Waals surface area contributed by atoms with Crippen LogP contribution in [0.3, 0.4) is 0 Å². The number of rotatable bonds is 11. The molecule has 2 amide bonds. The number of aliphatic carboxylic acids is 1. The van der Waals surface area contributed by atoms with E-state index in [4.69, 9.17) is 4.74 Å². The molecular weight excluding hydrogens is 458 g/mol. The van der Waals surface area contributed by atoms with Crippen LogP contribution in [-0.4, -0.2) is 50.2 Å². The molecule has 10 nitrogen and oxygen atoms in total. The van der Waals surface area contributed by atoms with Gasteiger partial charge in [0.25, 0.3) is 5.91 Å². The number of aromatic nitrogens is 3. The maximum Gasteiger partial charge on any atom is 0.407 e. The Hall–Kier alpha value is -2.95. The van der Waals surface area contributed by atoms with E-state index in [9.17, 15) is 19.5 Å². The summed E-state index contributed by atoms with van der Waals surface area (Å²) in [6, 6.07) is 0.835.